The molecule has 0 saturated carbocycles. The summed E-state index contributed by atoms with van der Waals surface area (Å²) >= 11 is 0. The lowest BCUT2D eigenvalue weighted by Gasteiger charge is -2.29. The Labute approximate surface area is 123 Å². The maximum absolute atomic E-state index is 4.27. The van der Waals surface area contributed by atoms with Crippen LogP contribution in [0.5, 0.6) is 0 Å². The van der Waals surface area contributed by atoms with E-state index in [1.807, 2.05) is 30.8 Å². The van der Waals surface area contributed by atoms with Crippen LogP contribution in [0.2, 0.25) is 0 Å². The Hall–Kier alpha value is -2.28. The zero-order chi connectivity index (χ0) is 14.7. The van der Waals surface area contributed by atoms with Gasteiger partial charge in [-0.2, -0.15) is 0 Å². The van der Waals surface area contributed by atoms with Crippen LogP contribution in [-0.4, -0.2) is 36.0 Å². The van der Waals surface area contributed by atoms with E-state index in [-0.39, 0.29) is 0 Å². The van der Waals surface area contributed by atoms with Crippen molar-refractivity contribution in [1.29, 1.82) is 0 Å². The highest BCUT2D eigenvalue weighted by atomic mass is 15.4. The Kier molecular flexibility index (Phi) is 3.92. The SMILES string of the molecule is Cn1nc[n+](C)c1N=Nc1ccc(N2CCNCC2)cc1. The number of hydrogen-bond donors (Lipinski definition) is 1. The van der Waals surface area contributed by atoms with E-state index >= 15 is 0 Å². The number of rotatable bonds is 3. The van der Waals surface area contributed by atoms with Crippen molar-refractivity contribution in [3.63, 3.8) is 0 Å². The van der Waals surface area contributed by atoms with E-state index in [4.69, 9.17) is 0 Å². The van der Waals surface area contributed by atoms with Gasteiger partial charge in [-0.05, 0) is 29.4 Å². The van der Waals surface area contributed by atoms with Gasteiger partial charge in [0.15, 0.2) is 0 Å². The van der Waals surface area contributed by atoms with Crippen LogP contribution >= 0.6 is 0 Å². The van der Waals surface area contributed by atoms with E-state index in [1.165, 1.54) is 5.69 Å². The molecule has 7 heteroatoms. The average Bonchev–Trinajstić information content (AvgIpc) is 2.85. The number of piperazine rings is 1. The predicted octanol–water partition coefficient (Wildman–Crippen LogP) is 1.07. The molecule has 0 unspecified atom stereocenters. The number of nitrogens with one attached hydrogen (secondary N) is 1. The molecule has 0 radical (unpaired) electrons. The first kappa shape index (κ1) is 13.7. The molecule has 7 nitrogen and oxygen atoms in total. The van der Waals surface area contributed by atoms with Gasteiger partial charge in [0.05, 0.1) is 19.8 Å². The van der Waals surface area contributed by atoms with E-state index in [9.17, 15) is 0 Å². The van der Waals surface area contributed by atoms with Gasteiger partial charge in [-0.15, -0.1) is 4.68 Å². The summed E-state index contributed by atoms with van der Waals surface area (Å²) in [4.78, 5) is 2.37. The third kappa shape index (κ3) is 3.08. The molecule has 1 aromatic carbocycles. The molecule has 1 N–H and O–H groups in total. The quantitative estimate of drug-likeness (QED) is 0.678. The first-order valence-electron chi connectivity index (χ1n) is 7.09. The highest BCUT2D eigenvalue weighted by molar-refractivity contribution is 5.53. The van der Waals surface area contributed by atoms with Crippen LogP contribution < -0.4 is 14.8 Å². The summed E-state index contributed by atoms with van der Waals surface area (Å²) in [5.74, 6) is 0.709. The molecule has 0 atom stereocenters. The minimum absolute atomic E-state index is 0.709. The zero-order valence-electron chi connectivity index (χ0n) is 12.4. The van der Waals surface area contributed by atoms with Crippen LogP contribution in [0, 0.1) is 0 Å². The summed E-state index contributed by atoms with van der Waals surface area (Å²) in [5.41, 5.74) is 2.08. The molecule has 0 spiro atoms. The summed E-state index contributed by atoms with van der Waals surface area (Å²) < 4.78 is 3.53. The number of benzene rings is 1. The van der Waals surface area contributed by atoms with Gasteiger partial charge in [-0.1, -0.05) is 5.11 Å². The topological polar surface area (TPSA) is 61.7 Å². The molecule has 1 fully saturated rings. The van der Waals surface area contributed by atoms with Gasteiger partial charge in [0.1, 0.15) is 0 Å². The van der Waals surface area contributed by atoms with Crippen LogP contribution in [0.15, 0.2) is 40.8 Å². The molecule has 0 aliphatic carbocycles. The summed E-state index contributed by atoms with van der Waals surface area (Å²) in [6, 6.07) is 8.19. The zero-order valence-corrected chi connectivity index (χ0v) is 12.4. The second-order valence-electron chi connectivity index (χ2n) is 5.12. The van der Waals surface area contributed by atoms with E-state index in [1.54, 1.807) is 11.0 Å². The molecule has 1 aromatic heterocycles. The number of aromatic nitrogens is 3. The fraction of sp³-hybridized carbons (Fsp3) is 0.429. The van der Waals surface area contributed by atoms with Crippen molar-refractivity contribution in [2.75, 3.05) is 31.1 Å². The second-order valence-corrected chi connectivity index (χ2v) is 5.12. The number of aryl methyl sites for hydroxylation is 2. The fourth-order valence-electron chi connectivity index (χ4n) is 2.38. The number of azo groups is 1. The molecule has 2 aromatic rings. The Bertz CT molecular complexity index is 604. The van der Waals surface area contributed by atoms with Gasteiger partial charge < -0.3 is 10.2 Å². The Balaban J connectivity index is 1.72. The third-order valence-corrected chi connectivity index (χ3v) is 3.59. The molecule has 21 heavy (non-hydrogen) atoms. The minimum Gasteiger partial charge on any atom is -0.369 e. The Morgan fingerprint density at radius 1 is 1.14 bits per heavy atom. The molecule has 1 saturated heterocycles. The lowest BCUT2D eigenvalue weighted by Crippen LogP contribution is -2.43. The average molecular weight is 286 g/mol. The maximum atomic E-state index is 4.27. The van der Waals surface area contributed by atoms with Crippen molar-refractivity contribution >= 4 is 17.3 Å². The third-order valence-electron chi connectivity index (χ3n) is 3.59. The monoisotopic (exact) mass is 286 g/mol. The van der Waals surface area contributed by atoms with Crippen LogP contribution in [0.25, 0.3) is 0 Å². The van der Waals surface area contributed by atoms with Gasteiger partial charge in [-0.25, -0.2) is 4.57 Å². The molecule has 0 amide bonds. The minimum atomic E-state index is 0.709. The second kappa shape index (κ2) is 6.01. The van der Waals surface area contributed by atoms with Crippen molar-refractivity contribution in [2.45, 2.75) is 0 Å². The molecule has 0 bridgehead atoms. The molecule has 2 heterocycles. The molecule has 3 rings (SSSR count). The van der Waals surface area contributed by atoms with Crippen molar-refractivity contribution < 1.29 is 4.57 Å². The van der Waals surface area contributed by atoms with Crippen LogP contribution in [0.3, 0.4) is 0 Å². The van der Waals surface area contributed by atoms with Gasteiger partial charge in [0.2, 0.25) is 6.33 Å². The summed E-state index contributed by atoms with van der Waals surface area (Å²) in [6.45, 7) is 4.17. The van der Waals surface area contributed by atoms with Crippen molar-refractivity contribution in [1.82, 2.24) is 15.1 Å². The fourth-order valence-corrected chi connectivity index (χ4v) is 2.38. The van der Waals surface area contributed by atoms with Gasteiger partial charge in [0, 0.05) is 37.0 Å². The van der Waals surface area contributed by atoms with E-state index in [2.05, 4.69) is 37.7 Å². The lowest BCUT2D eigenvalue weighted by atomic mass is 10.2. The first-order chi connectivity index (χ1) is 10.2. The number of nitrogens with zero attached hydrogens (tertiary/aromatic N) is 6. The molecular weight excluding hydrogens is 266 g/mol. The van der Waals surface area contributed by atoms with Crippen molar-refractivity contribution in [3.8, 4) is 0 Å². The van der Waals surface area contributed by atoms with Gasteiger partial charge in [0.25, 0.3) is 0 Å². The maximum Gasteiger partial charge on any atom is 0.403 e. The largest absolute Gasteiger partial charge is 0.403 e. The normalized spacial score (nSPS) is 15.8. The van der Waals surface area contributed by atoms with Crippen molar-refractivity contribution in [2.24, 2.45) is 24.3 Å². The summed E-state index contributed by atoms with van der Waals surface area (Å²) in [7, 11) is 3.75. The van der Waals surface area contributed by atoms with Gasteiger partial charge in [-0.3, -0.25) is 0 Å². The summed E-state index contributed by atoms with van der Waals surface area (Å²) in [5, 5.41) is 16.0. The van der Waals surface area contributed by atoms with E-state index in [0.717, 1.165) is 31.9 Å². The highest BCUT2D eigenvalue weighted by Gasteiger charge is 2.12. The molecule has 110 valence electrons. The number of anilines is 1. The molecule has 1 aliphatic rings. The standard InChI is InChI=1S/C14H20N7/c1-19-11-16-20(2)14(19)18-17-12-3-5-13(6-4-12)21-9-7-15-8-10-21/h3-6,11,15H,7-10H2,1-2H3/q+1. The van der Waals surface area contributed by atoms with Crippen molar-refractivity contribution in [3.05, 3.63) is 30.6 Å². The summed E-state index contributed by atoms with van der Waals surface area (Å²) in [6.07, 6.45) is 1.71. The van der Waals surface area contributed by atoms with Crippen LogP contribution in [0.4, 0.5) is 17.3 Å². The highest BCUT2D eigenvalue weighted by Crippen LogP contribution is 2.21. The molecule has 1 aliphatic heterocycles. The first-order valence-corrected chi connectivity index (χ1v) is 7.09. The smallest absolute Gasteiger partial charge is 0.369 e. The molecular formula is C14H20N7+. The Morgan fingerprint density at radius 3 is 2.48 bits per heavy atom. The van der Waals surface area contributed by atoms with E-state index in [0.29, 0.717) is 5.95 Å². The van der Waals surface area contributed by atoms with Crippen LogP contribution in [-0.2, 0) is 14.1 Å². The van der Waals surface area contributed by atoms with Gasteiger partial charge >= 0.3 is 5.95 Å². The van der Waals surface area contributed by atoms with Crippen LogP contribution in [0.1, 0.15) is 0 Å². The Morgan fingerprint density at radius 2 is 1.86 bits per heavy atom. The number of hydrogen-bond acceptors (Lipinski definition) is 5. The lowest BCUT2D eigenvalue weighted by molar-refractivity contribution is -0.659. The van der Waals surface area contributed by atoms with E-state index < -0.39 is 0 Å². The predicted molar refractivity (Wildman–Crippen MR) is 80.1 cm³/mol.